The Labute approximate surface area is 204 Å². The number of halogens is 7. The molecule has 0 bridgehead atoms. The van der Waals surface area contributed by atoms with E-state index in [1.54, 1.807) is 0 Å². The molecule has 7 nitrogen and oxygen atoms in total. The van der Waals surface area contributed by atoms with E-state index in [0.717, 1.165) is 12.1 Å². The smallest absolute Gasteiger partial charge is 0.435 e. The zero-order chi connectivity index (χ0) is 27.4. The van der Waals surface area contributed by atoms with E-state index in [9.17, 15) is 40.3 Å². The highest BCUT2D eigenvalue weighted by molar-refractivity contribution is 5.99. The molecule has 0 aliphatic heterocycles. The minimum Gasteiger partial charge on any atom is -0.457 e. The van der Waals surface area contributed by atoms with Gasteiger partial charge >= 0.3 is 24.1 Å². The Morgan fingerprint density at radius 1 is 0.784 bits per heavy atom. The molecule has 3 rings (SSSR count). The van der Waals surface area contributed by atoms with Crippen molar-refractivity contribution in [3.63, 3.8) is 0 Å². The number of carbonyl (C=O) groups is 2. The number of amides is 3. The van der Waals surface area contributed by atoms with Crippen molar-refractivity contribution in [1.82, 2.24) is 10.3 Å². The van der Waals surface area contributed by atoms with Crippen molar-refractivity contribution < 1.29 is 45.1 Å². The minimum atomic E-state index is -6.28. The van der Waals surface area contributed by atoms with Crippen LogP contribution in [0.2, 0.25) is 0 Å². The maximum absolute atomic E-state index is 14.3. The van der Waals surface area contributed by atoms with E-state index < -0.39 is 41.2 Å². The first kappa shape index (κ1) is 27.2. The first-order chi connectivity index (χ1) is 17.2. The van der Waals surface area contributed by atoms with Gasteiger partial charge in [-0.1, -0.05) is 12.1 Å². The van der Waals surface area contributed by atoms with Gasteiger partial charge in [-0.15, -0.1) is 0 Å². The lowest BCUT2D eigenvalue weighted by molar-refractivity contribution is -0.348. The molecular formula is C23H17F7N4O3. The average Bonchev–Trinajstić information content (AvgIpc) is 2.83. The number of pyridine rings is 1. The molecule has 0 spiro atoms. The van der Waals surface area contributed by atoms with Gasteiger partial charge in [0, 0.05) is 36.2 Å². The summed E-state index contributed by atoms with van der Waals surface area (Å²) in [6.45, 7) is 0. The van der Waals surface area contributed by atoms with Crippen LogP contribution in [0.15, 0.2) is 66.9 Å². The Morgan fingerprint density at radius 3 is 2.00 bits per heavy atom. The van der Waals surface area contributed by atoms with E-state index in [2.05, 4.69) is 20.9 Å². The molecule has 1 heterocycles. The fraction of sp³-hybridized carbons (Fsp3) is 0.174. The Morgan fingerprint density at radius 2 is 1.41 bits per heavy atom. The summed E-state index contributed by atoms with van der Waals surface area (Å²) < 4.78 is 97.8. The number of nitrogens with one attached hydrogen (secondary N) is 3. The van der Waals surface area contributed by atoms with Gasteiger partial charge in [0.15, 0.2) is 0 Å². The summed E-state index contributed by atoms with van der Waals surface area (Å²) in [5.41, 5.74) is -7.56. The molecule has 3 aromatic rings. The monoisotopic (exact) mass is 530 g/mol. The molecule has 196 valence electrons. The normalized spacial score (nSPS) is 12.0. The molecular weight excluding hydrogens is 513 g/mol. The second-order valence-electron chi connectivity index (χ2n) is 7.40. The summed E-state index contributed by atoms with van der Waals surface area (Å²) in [5, 5.41) is 6.80. The predicted octanol–water partition coefficient (Wildman–Crippen LogP) is 6.17. The maximum Gasteiger partial charge on any atom is 0.435 e. The maximum atomic E-state index is 14.3. The first-order valence-corrected chi connectivity index (χ1v) is 10.2. The van der Waals surface area contributed by atoms with Crippen LogP contribution in [-0.2, 0) is 5.67 Å². The van der Waals surface area contributed by atoms with Gasteiger partial charge in [0.05, 0.1) is 0 Å². The zero-order valence-electron chi connectivity index (χ0n) is 18.7. The lowest BCUT2D eigenvalue weighted by Crippen LogP contribution is -2.50. The van der Waals surface area contributed by atoms with E-state index in [-0.39, 0.29) is 17.4 Å². The Balaban J connectivity index is 1.68. The Kier molecular flexibility index (Phi) is 7.60. The molecule has 0 radical (unpaired) electrons. The van der Waals surface area contributed by atoms with Crippen LogP contribution in [0.25, 0.3) is 0 Å². The summed E-state index contributed by atoms with van der Waals surface area (Å²) in [4.78, 5) is 27.8. The molecule has 0 unspecified atom stereocenters. The number of nitrogens with zero attached hydrogens (tertiary/aromatic N) is 1. The largest absolute Gasteiger partial charge is 0.457 e. The van der Waals surface area contributed by atoms with Gasteiger partial charge in [0.2, 0.25) is 0 Å². The summed E-state index contributed by atoms with van der Waals surface area (Å²) in [5.74, 6) is 0.190. The molecule has 0 aliphatic carbocycles. The van der Waals surface area contributed by atoms with Gasteiger partial charge in [0.25, 0.3) is 5.91 Å². The number of benzene rings is 2. The zero-order valence-corrected chi connectivity index (χ0v) is 18.7. The third-order valence-corrected chi connectivity index (χ3v) is 4.84. The van der Waals surface area contributed by atoms with Crippen LogP contribution >= 0.6 is 0 Å². The number of anilines is 2. The van der Waals surface area contributed by atoms with Gasteiger partial charge < -0.3 is 20.7 Å². The molecule has 3 N–H and O–H groups in total. The number of hydrogen-bond acceptors (Lipinski definition) is 4. The molecule has 37 heavy (non-hydrogen) atoms. The van der Waals surface area contributed by atoms with E-state index in [4.69, 9.17) is 4.74 Å². The lowest BCUT2D eigenvalue weighted by atomic mass is 9.94. The third kappa shape index (κ3) is 6.08. The van der Waals surface area contributed by atoms with Gasteiger partial charge in [-0.2, -0.15) is 26.3 Å². The highest BCUT2D eigenvalue weighted by Crippen LogP contribution is 2.53. The highest BCUT2D eigenvalue weighted by Gasteiger charge is 2.73. The number of urea groups is 1. The summed E-state index contributed by atoms with van der Waals surface area (Å²) >= 11 is 0. The standard InChI is InChI=1S/C23H17F7N4O3/c1-31-19(35)18-12-17(9-10-32-18)37-16-7-5-14(6-8-16)33-20(36)34-15-4-2-3-13(11-15)21(24,22(25,26)27)23(28,29)30/h2-12H,1H3,(H,31,35)(H2,33,34,36). The molecule has 0 fully saturated rings. The number of hydrogen-bond donors (Lipinski definition) is 3. The number of rotatable bonds is 6. The van der Waals surface area contributed by atoms with E-state index in [0.29, 0.717) is 17.6 Å². The third-order valence-electron chi connectivity index (χ3n) is 4.84. The fourth-order valence-electron chi connectivity index (χ4n) is 3.06. The van der Waals surface area contributed by atoms with E-state index in [1.165, 1.54) is 49.6 Å². The Bertz CT molecular complexity index is 1260. The lowest BCUT2D eigenvalue weighted by Gasteiger charge is -2.30. The van der Waals surface area contributed by atoms with Gasteiger partial charge in [-0.05, 0) is 42.5 Å². The number of alkyl halides is 7. The van der Waals surface area contributed by atoms with Gasteiger partial charge in [0.1, 0.15) is 17.2 Å². The summed E-state index contributed by atoms with van der Waals surface area (Å²) in [6, 6.07) is 9.88. The Hall–Kier alpha value is -4.36. The molecule has 0 aliphatic rings. The first-order valence-electron chi connectivity index (χ1n) is 10.2. The fourth-order valence-corrected chi connectivity index (χ4v) is 3.06. The molecule has 0 saturated carbocycles. The van der Waals surface area contributed by atoms with Gasteiger partial charge in [-0.25, -0.2) is 9.18 Å². The molecule has 14 heteroatoms. The van der Waals surface area contributed by atoms with Crippen LogP contribution in [0.3, 0.4) is 0 Å². The number of aromatic nitrogens is 1. The summed E-state index contributed by atoms with van der Waals surface area (Å²) in [7, 11) is 1.44. The molecule has 1 aromatic heterocycles. The van der Waals surface area contributed by atoms with Crippen LogP contribution in [0.1, 0.15) is 16.1 Å². The highest BCUT2D eigenvalue weighted by atomic mass is 19.4. The van der Waals surface area contributed by atoms with Crippen molar-refractivity contribution in [2.45, 2.75) is 18.0 Å². The molecule has 0 atom stereocenters. The second kappa shape index (κ2) is 10.3. The van der Waals surface area contributed by atoms with Crippen LogP contribution in [0.5, 0.6) is 11.5 Å². The molecule has 3 amide bonds. The quantitative estimate of drug-likeness (QED) is 0.333. The van der Waals surface area contributed by atoms with Crippen molar-refractivity contribution in [3.8, 4) is 11.5 Å². The van der Waals surface area contributed by atoms with Crippen molar-refractivity contribution in [3.05, 3.63) is 78.1 Å². The van der Waals surface area contributed by atoms with Crippen molar-refractivity contribution >= 4 is 23.3 Å². The average molecular weight is 530 g/mol. The topological polar surface area (TPSA) is 92.4 Å². The van der Waals surface area contributed by atoms with Crippen LogP contribution in [-0.4, -0.2) is 36.3 Å². The SMILES string of the molecule is CNC(=O)c1cc(Oc2ccc(NC(=O)Nc3cccc(C(F)(C(F)(F)F)C(F)(F)F)c3)cc2)ccn1. The van der Waals surface area contributed by atoms with Gasteiger partial charge in [-0.3, -0.25) is 9.78 Å². The van der Waals surface area contributed by atoms with Crippen LogP contribution in [0.4, 0.5) is 46.9 Å². The number of carbonyl (C=O) groups excluding carboxylic acids is 2. The van der Waals surface area contributed by atoms with Crippen LogP contribution in [0, 0.1) is 0 Å². The minimum absolute atomic E-state index is 0.120. The molecule has 2 aromatic carbocycles. The molecule has 0 saturated heterocycles. The number of ether oxygens (including phenoxy) is 1. The summed E-state index contributed by atoms with van der Waals surface area (Å²) in [6.07, 6.45) is -11.2. The second-order valence-corrected chi connectivity index (χ2v) is 7.40. The van der Waals surface area contributed by atoms with Crippen molar-refractivity contribution in [2.75, 3.05) is 17.7 Å². The predicted molar refractivity (Wildman–Crippen MR) is 118 cm³/mol. The van der Waals surface area contributed by atoms with Crippen molar-refractivity contribution in [2.24, 2.45) is 0 Å². The van der Waals surface area contributed by atoms with Crippen molar-refractivity contribution in [1.29, 1.82) is 0 Å². The van der Waals surface area contributed by atoms with Crippen LogP contribution < -0.4 is 20.7 Å². The van der Waals surface area contributed by atoms with E-state index in [1.807, 2.05) is 0 Å². The van der Waals surface area contributed by atoms with E-state index >= 15 is 0 Å².